The number of methoxy groups -OCH3 is 2. The minimum Gasteiger partial charge on any atom is -0.497 e. The molecule has 0 N–H and O–H groups in total. The van der Waals surface area contributed by atoms with Crippen LogP contribution in [0.25, 0.3) is 0 Å². The fraction of sp³-hybridized carbons (Fsp3) is 0.0714. The maximum Gasteiger partial charge on any atom is 2.00 e. The summed E-state index contributed by atoms with van der Waals surface area (Å²) >= 11 is 19.3. The van der Waals surface area contributed by atoms with Gasteiger partial charge in [-0.05, 0) is 47.5 Å². The maximum absolute atomic E-state index is 4.97. The van der Waals surface area contributed by atoms with Crippen molar-refractivity contribution in [3.05, 3.63) is 132 Å². The molecule has 0 fully saturated rings. The van der Waals surface area contributed by atoms with Crippen LogP contribution in [0.15, 0.2) is 109 Å². The van der Waals surface area contributed by atoms with Crippen LogP contribution in [0, 0.1) is 12.1 Å². The summed E-state index contributed by atoms with van der Waals surface area (Å²) in [6.45, 7) is 0. The summed E-state index contributed by atoms with van der Waals surface area (Å²) in [7, 11) is 3.25. The van der Waals surface area contributed by atoms with Gasteiger partial charge in [0, 0.05) is 0 Å². The molecule has 0 bridgehead atoms. The van der Waals surface area contributed by atoms with E-state index in [2.05, 4.69) is 12.1 Å². The molecular weight excluding hydrogens is 704 g/mol. The molecule has 0 heterocycles. The van der Waals surface area contributed by atoms with Gasteiger partial charge in [0.1, 0.15) is 11.5 Å². The van der Waals surface area contributed by atoms with Gasteiger partial charge in [-0.15, -0.1) is 8.39 Å². The first-order chi connectivity index (χ1) is 16.5. The Balaban J connectivity index is 0.000000452. The molecule has 4 aromatic rings. The van der Waals surface area contributed by atoms with Gasteiger partial charge in [0.15, 0.2) is 0 Å². The quantitative estimate of drug-likeness (QED) is 0.136. The minimum atomic E-state index is 0. The van der Waals surface area contributed by atoms with Crippen molar-refractivity contribution in [2.24, 2.45) is 0 Å². The SMILES string of the molecule is COc1ccc(C(=S)[S-])cc1.COc1ccc(C(=S)[S-])cc1.[Pb+2].[c]1ccccc1.[c]1ccccc1. The van der Waals surface area contributed by atoms with Crippen LogP contribution in [0.5, 0.6) is 11.5 Å². The van der Waals surface area contributed by atoms with Gasteiger partial charge in [-0.3, -0.25) is 0 Å². The number of hydrogen-bond donors (Lipinski definition) is 0. The van der Waals surface area contributed by atoms with Crippen LogP contribution < -0.4 is 9.47 Å². The monoisotopic (exact) mass is 728 g/mol. The molecule has 0 aromatic heterocycles. The third-order valence-corrected chi connectivity index (χ3v) is 4.81. The first-order valence-electron chi connectivity index (χ1n) is 10.0. The second-order valence-corrected chi connectivity index (χ2v) is 8.34. The van der Waals surface area contributed by atoms with Crippen molar-refractivity contribution < 1.29 is 9.47 Å². The number of ether oxygens (including phenoxy) is 2. The van der Waals surface area contributed by atoms with E-state index < -0.39 is 0 Å². The van der Waals surface area contributed by atoms with Crippen LogP contribution in [0.4, 0.5) is 0 Å². The normalized spacial score (nSPS) is 8.51. The molecular formula is C28H24O2PbS4. The zero-order valence-corrected chi connectivity index (χ0v) is 26.5. The van der Waals surface area contributed by atoms with Gasteiger partial charge in [0.2, 0.25) is 0 Å². The van der Waals surface area contributed by atoms with Crippen molar-refractivity contribution in [1.82, 2.24) is 0 Å². The number of hydrogen-bond acceptors (Lipinski definition) is 6. The van der Waals surface area contributed by atoms with Crippen molar-refractivity contribution in [3.63, 3.8) is 0 Å². The Kier molecular flexibility index (Phi) is 20.1. The van der Waals surface area contributed by atoms with Gasteiger partial charge >= 0.3 is 27.3 Å². The summed E-state index contributed by atoms with van der Waals surface area (Å²) in [6.07, 6.45) is 0. The van der Waals surface area contributed by atoms with Crippen molar-refractivity contribution >= 4 is 85.4 Å². The Hall–Kier alpha value is -1.98. The van der Waals surface area contributed by atoms with E-state index in [0.29, 0.717) is 8.39 Å². The zero-order chi connectivity index (χ0) is 25.0. The van der Waals surface area contributed by atoms with E-state index in [-0.39, 0.29) is 27.3 Å². The molecule has 0 amide bonds. The van der Waals surface area contributed by atoms with Gasteiger partial charge in [-0.2, -0.15) is 0 Å². The summed E-state index contributed by atoms with van der Waals surface area (Å²) in [5, 5.41) is 0. The van der Waals surface area contributed by atoms with Crippen LogP contribution in [0.3, 0.4) is 0 Å². The van der Waals surface area contributed by atoms with Gasteiger partial charge in [-0.1, -0.05) is 84.9 Å². The van der Waals surface area contributed by atoms with E-state index in [0.717, 1.165) is 22.6 Å². The molecule has 7 heteroatoms. The average molecular weight is 728 g/mol. The van der Waals surface area contributed by atoms with Crippen molar-refractivity contribution in [2.45, 2.75) is 0 Å². The second kappa shape index (κ2) is 21.3. The molecule has 0 saturated carbocycles. The molecule has 2 nitrogen and oxygen atoms in total. The molecule has 4 radical (unpaired) electrons. The van der Waals surface area contributed by atoms with Gasteiger partial charge in [-0.25, -0.2) is 0 Å². The molecule has 4 aromatic carbocycles. The third-order valence-electron chi connectivity index (χ3n) is 3.87. The molecule has 0 saturated heterocycles. The minimum absolute atomic E-state index is 0. The van der Waals surface area contributed by atoms with Crippen LogP contribution in [-0.4, -0.2) is 49.9 Å². The third kappa shape index (κ3) is 16.3. The fourth-order valence-corrected chi connectivity index (χ4v) is 2.68. The second-order valence-electron chi connectivity index (χ2n) is 6.19. The van der Waals surface area contributed by atoms with E-state index >= 15 is 0 Å². The number of benzene rings is 4. The molecule has 0 unspecified atom stereocenters. The zero-order valence-electron chi connectivity index (χ0n) is 19.3. The molecule has 0 spiro atoms. The Morgan fingerprint density at radius 2 is 0.857 bits per heavy atom. The summed E-state index contributed by atoms with van der Waals surface area (Å²) in [5.41, 5.74) is 1.80. The van der Waals surface area contributed by atoms with Crippen LogP contribution in [0.1, 0.15) is 11.1 Å². The number of thiocarbonyl (C=S) groups is 2. The predicted molar refractivity (Wildman–Crippen MR) is 160 cm³/mol. The number of rotatable bonds is 4. The summed E-state index contributed by atoms with van der Waals surface area (Å²) < 4.78 is 10.9. The topological polar surface area (TPSA) is 18.5 Å². The summed E-state index contributed by atoms with van der Waals surface area (Å²) in [6, 6.07) is 39.8. The van der Waals surface area contributed by atoms with Gasteiger partial charge < -0.3 is 59.2 Å². The molecule has 35 heavy (non-hydrogen) atoms. The van der Waals surface area contributed by atoms with Crippen LogP contribution in [-0.2, 0) is 25.3 Å². The van der Waals surface area contributed by atoms with E-state index in [1.807, 2.05) is 109 Å². The van der Waals surface area contributed by atoms with Gasteiger partial charge in [0.05, 0.1) is 14.2 Å². The Labute approximate surface area is 251 Å². The van der Waals surface area contributed by atoms with E-state index in [9.17, 15) is 0 Å². The van der Waals surface area contributed by atoms with Crippen LogP contribution in [0.2, 0.25) is 0 Å². The van der Waals surface area contributed by atoms with Crippen molar-refractivity contribution in [3.8, 4) is 11.5 Å². The maximum atomic E-state index is 4.97. The first kappa shape index (κ1) is 33.0. The van der Waals surface area contributed by atoms with Crippen LogP contribution >= 0.6 is 24.4 Å². The first-order valence-corrected chi connectivity index (χ1v) is 11.6. The van der Waals surface area contributed by atoms with E-state index in [1.54, 1.807) is 14.2 Å². The van der Waals surface area contributed by atoms with Crippen molar-refractivity contribution in [1.29, 1.82) is 0 Å². The summed E-state index contributed by atoms with van der Waals surface area (Å²) in [5.74, 6) is 1.64. The Bertz CT molecular complexity index is 917. The molecule has 4 rings (SSSR count). The van der Waals surface area contributed by atoms with Crippen molar-refractivity contribution in [2.75, 3.05) is 14.2 Å². The molecule has 0 aliphatic rings. The molecule has 176 valence electrons. The largest absolute Gasteiger partial charge is 2.00 e. The van der Waals surface area contributed by atoms with Gasteiger partial charge in [0.25, 0.3) is 0 Å². The average Bonchev–Trinajstić information content (AvgIpc) is 2.92. The Morgan fingerprint density at radius 3 is 1.00 bits per heavy atom. The Morgan fingerprint density at radius 1 is 0.571 bits per heavy atom. The van der Waals surface area contributed by atoms with E-state index in [4.69, 9.17) is 59.2 Å². The smallest absolute Gasteiger partial charge is 0.497 e. The molecule has 0 aliphatic heterocycles. The van der Waals surface area contributed by atoms with E-state index in [1.165, 1.54) is 0 Å². The fourth-order valence-electron chi connectivity index (χ4n) is 2.14. The standard InChI is InChI=1S/2C8H8OS2.2C6H5.Pb/c2*1-9-7-4-2-6(3-5-7)8(10)11;2*1-2-4-6-5-3-1;/h2*2-5H,1H3,(H,10,11);2*1-5H;/q;;;;+2/p-2. The molecule has 0 aliphatic carbocycles. The summed E-state index contributed by atoms with van der Waals surface area (Å²) in [4.78, 5) is 0. The predicted octanol–water partition coefficient (Wildman–Crippen LogP) is 6.43. The molecule has 0 atom stereocenters.